The zero-order valence-corrected chi connectivity index (χ0v) is 14.0. The molecule has 124 valence electrons. The minimum absolute atomic E-state index is 0.130. The van der Waals surface area contributed by atoms with Gasteiger partial charge in [0, 0.05) is 19.1 Å². The lowest BCUT2D eigenvalue weighted by Crippen LogP contribution is -2.48. The number of carboxylic acid groups (broad SMARTS) is 1. The molecule has 1 aromatic rings. The predicted molar refractivity (Wildman–Crippen MR) is 88.1 cm³/mol. The van der Waals surface area contributed by atoms with E-state index in [0.717, 1.165) is 18.4 Å². The van der Waals surface area contributed by atoms with E-state index in [9.17, 15) is 9.59 Å². The lowest BCUT2D eigenvalue weighted by atomic mass is 9.76. The third-order valence-corrected chi connectivity index (χ3v) is 5.44. The van der Waals surface area contributed by atoms with E-state index in [1.165, 1.54) is 0 Å². The maximum absolute atomic E-state index is 12.1. The van der Waals surface area contributed by atoms with Crippen molar-refractivity contribution in [2.75, 3.05) is 13.1 Å². The zero-order valence-electron chi connectivity index (χ0n) is 12.5. The number of urea groups is 1. The number of carbonyl (C=O) groups is 2. The molecule has 0 radical (unpaired) electrons. The van der Waals surface area contributed by atoms with Gasteiger partial charge >= 0.3 is 12.0 Å². The van der Waals surface area contributed by atoms with Gasteiger partial charge in [-0.15, -0.1) is 0 Å². The van der Waals surface area contributed by atoms with Crippen molar-refractivity contribution in [3.63, 3.8) is 0 Å². The monoisotopic (exact) mass is 356 g/mol. The second kappa shape index (κ2) is 6.57. The number of amides is 2. The molecule has 1 heterocycles. The number of carboxylic acids is 1. The van der Waals surface area contributed by atoms with Gasteiger partial charge in [-0.25, -0.2) is 4.79 Å². The summed E-state index contributed by atoms with van der Waals surface area (Å²) in [5, 5.41) is 13.0. The van der Waals surface area contributed by atoms with Crippen LogP contribution in [0.25, 0.3) is 0 Å². The number of likely N-dealkylation sites (tertiary alicyclic amines) is 1. The number of aliphatic carboxylic acids is 1. The summed E-state index contributed by atoms with van der Waals surface area (Å²) in [6, 6.07) is 5.61. The Morgan fingerprint density at radius 1 is 1.22 bits per heavy atom. The first-order valence-corrected chi connectivity index (χ1v) is 8.43. The molecule has 2 N–H and O–H groups in total. The summed E-state index contributed by atoms with van der Waals surface area (Å²) >= 11 is 11.9. The van der Waals surface area contributed by atoms with Crippen LogP contribution in [0.4, 0.5) is 4.79 Å². The normalized spacial score (nSPS) is 26.7. The lowest BCUT2D eigenvalue weighted by Gasteiger charge is -2.37. The van der Waals surface area contributed by atoms with Crippen LogP contribution < -0.4 is 5.32 Å². The number of rotatable bonds is 3. The Labute approximate surface area is 144 Å². The van der Waals surface area contributed by atoms with Crippen LogP contribution in [0.3, 0.4) is 0 Å². The van der Waals surface area contributed by atoms with Gasteiger partial charge in [-0.3, -0.25) is 4.79 Å². The average molecular weight is 357 g/mol. The van der Waals surface area contributed by atoms with Gasteiger partial charge in [-0.2, -0.15) is 0 Å². The highest BCUT2D eigenvalue weighted by atomic mass is 35.5. The van der Waals surface area contributed by atoms with Gasteiger partial charge in [-0.05, 0) is 42.9 Å². The van der Waals surface area contributed by atoms with Gasteiger partial charge in [0.1, 0.15) is 0 Å². The SMILES string of the molecule is O=C(O)C1CCN(C(=O)NC2CC(c3ccc(Cl)c(Cl)c3)C2)C1. The van der Waals surface area contributed by atoms with Gasteiger partial charge in [0.2, 0.25) is 0 Å². The van der Waals surface area contributed by atoms with Crippen molar-refractivity contribution in [1.82, 2.24) is 10.2 Å². The van der Waals surface area contributed by atoms with E-state index in [1.807, 2.05) is 12.1 Å². The number of carbonyl (C=O) groups excluding carboxylic acids is 1. The highest BCUT2D eigenvalue weighted by Gasteiger charge is 2.35. The third kappa shape index (κ3) is 3.56. The second-order valence-corrected chi connectivity index (χ2v) is 7.07. The number of halogens is 2. The Balaban J connectivity index is 1.47. The molecule has 23 heavy (non-hydrogen) atoms. The molecule has 7 heteroatoms. The van der Waals surface area contributed by atoms with Crippen molar-refractivity contribution in [1.29, 1.82) is 0 Å². The van der Waals surface area contributed by atoms with Crippen LogP contribution in [0, 0.1) is 5.92 Å². The van der Waals surface area contributed by atoms with Gasteiger partial charge in [0.05, 0.1) is 16.0 Å². The number of benzene rings is 1. The Morgan fingerprint density at radius 3 is 2.57 bits per heavy atom. The van der Waals surface area contributed by atoms with Crippen LogP contribution in [-0.2, 0) is 4.79 Å². The topological polar surface area (TPSA) is 69.6 Å². The van der Waals surface area contributed by atoms with Crippen LogP contribution in [0.1, 0.15) is 30.7 Å². The molecule has 0 bridgehead atoms. The molecule has 2 amide bonds. The summed E-state index contributed by atoms with van der Waals surface area (Å²) in [7, 11) is 0. The van der Waals surface area contributed by atoms with Crippen LogP contribution in [0.5, 0.6) is 0 Å². The average Bonchev–Trinajstić information content (AvgIpc) is 2.95. The van der Waals surface area contributed by atoms with E-state index >= 15 is 0 Å². The number of hydrogen-bond acceptors (Lipinski definition) is 2. The molecule has 1 aliphatic carbocycles. The quantitative estimate of drug-likeness (QED) is 0.872. The molecule has 1 aliphatic heterocycles. The van der Waals surface area contributed by atoms with Crippen molar-refractivity contribution in [2.45, 2.75) is 31.2 Å². The zero-order chi connectivity index (χ0) is 16.6. The largest absolute Gasteiger partial charge is 0.481 e. The first-order chi connectivity index (χ1) is 10.9. The second-order valence-electron chi connectivity index (χ2n) is 6.26. The predicted octanol–water partition coefficient (Wildman–Crippen LogP) is 3.36. The van der Waals surface area contributed by atoms with Crippen LogP contribution in [-0.4, -0.2) is 41.1 Å². The van der Waals surface area contributed by atoms with E-state index in [2.05, 4.69) is 5.32 Å². The molecule has 1 saturated heterocycles. The first kappa shape index (κ1) is 16.4. The van der Waals surface area contributed by atoms with Crippen molar-refractivity contribution in [3.05, 3.63) is 33.8 Å². The van der Waals surface area contributed by atoms with Crippen molar-refractivity contribution < 1.29 is 14.7 Å². The standard InChI is InChI=1S/C16H18Cl2N2O3/c17-13-2-1-9(7-14(13)18)11-5-12(6-11)19-16(23)20-4-3-10(8-20)15(21)22/h1-2,7,10-12H,3-6,8H2,(H,19,23)(H,21,22). The smallest absolute Gasteiger partial charge is 0.317 e. The van der Waals surface area contributed by atoms with Crippen molar-refractivity contribution in [2.24, 2.45) is 5.92 Å². The maximum Gasteiger partial charge on any atom is 0.317 e. The lowest BCUT2D eigenvalue weighted by molar-refractivity contribution is -0.141. The summed E-state index contributed by atoms with van der Waals surface area (Å²) < 4.78 is 0. The summed E-state index contributed by atoms with van der Waals surface area (Å²) in [6.07, 6.45) is 2.25. The molecule has 1 unspecified atom stereocenters. The molecule has 0 spiro atoms. The molecule has 5 nitrogen and oxygen atoms in total. The van der Waals surface area contributed by atoms with Crippen LogP contribution in [0.15, 0.2) is 18.2 Å². The minimum atomic E-state index is -0.830. The highest BCUT2D eigenvalue weighted by Crippen LogP contribution is 2.39. The number of nitrogens with one attached hydrogen (secondary N) is 1. The fraction of sp³-hybridized carbons (Fsp3) is 0.500. The minimum Gasteiger partial charge on any atom is -0.481 e. The summed E-state index contributed by atoms with van der Waals surface area (Å²) in [5.41, 5.74) is 1.14. The molecule has 2 aliphatic rings. The van der Waals surface area contributed by atoms with Crippen molar-refractivity contribution in [3.8, 4) is 0 Å². The molecule has 2 fully saturated rings. The maximum atomic E-state index is 12.1. The van der Waals surface area contributed by atoms with Crippen LogP contribution >= 0.6 is 23.2 Å². The van der Waals surface area contributed by atoms with Gasteiger partial charge in [0.25, 0.3) is 0 Å². The molecule has 0 aromatic heterocycles. The van der Waals surface area contributed by atoms with Gasteiger partial charge in [0.15, 0.2) is 0 Å². The molecular weight excluding hydrogens is 339 g/mol. The molecular formula is C16H18Cl2N2O3. The van der Waals surface area contributed by atoms with Gasteiger partial charge < -0.3 is 15.3 Å². The van der Waals surface area contributed by atoms with Crippen LogP contribution in [0.2, 0.25) is 10.0 Å². The molecule has 1 saturated carbocycles. The van der Waals surface area contributed by atoms with E-state index < -0.39 is 11.9 Å². The van der Waals surface area contributed by atoms with E-state index in [-0.39, 0.29) is 12.1 Å². The molecule has 1 atom stereocenters. The van der Waals surface area contributed by atoms with Gasteiger partial charge in [-0.1, -0.05) is 29.3 Å². The Kier molecular flexibility index (Phi) is 4.69. The number of nitrogens with zero attached hydrogens (tertiary/aromatic N) is 1. The Hall–Kier alpha value is -1.46. The Morgan fingerprint density at radius 2 is 1.96 bits per heavy atom. The Bertz CT molecular complexity index is 632. The highest BCUT2D eigenvalue weighted by molar-refractivity contribution is 6.42. The van der Waals surface area contributed by atoms with E-state index in [0.29, 0.717) is 35.5 Å². The van der Waals surface area contributed by atoms with E-state index in [4.69, 9.17) is 28.3 Å². The summed E-state index contributed by atoms with van der Waals surface area (Å²) in [6.45, 7) is 0.801. The third-order valence-electron chi connectivity index (χ3n) is 4.71. The van der Waals surface area contributed by atoms with E-state index in [1.54, 1.807) is 11.0 Å². The first-order valence-electron chi connectivity index (χ1n) is 7.67. The van der Waals surface area contributed by atoms with Crippen molar-refractivity contribution >= 4 is 35.2 Å². The number of hydrogen-bond donors (Lipinski definition) is 2. The fourth-order valence-corrected chi connectivity index (χ4v) is 3.49. The summed E-state index contributed by atoms with van der Waals surface area (Å²) in [5.74, 6) is -0.893. The fourth-order valence-electron chi connectivity index (χ4n) is 3.19. The molecule has 1 aromatic carbocycles. The summed E-state index contributed by atoms with van der Waals surface area (Å²) in [4.78, 5) is 24.7. The molecule has 3 rings (SSSR count).